The summed E-state index contributed by atoms with van der Waals surface area (Å²) >= 11 is 1.58. The molecular weight excluding hydrogens is 328 g/mol. The van der Waals surface area contributed by atoms with Crippen LogP contribution >= 0.6 is 11.3 Å². The Hall–Kier alpha value is -2.17. The zero-order chi connectivity index (χ0) is 17.1. The van der Waals surface area contributed by atoms with Crippen molar-refractivity contribution < 1.29 is 4.79 Å². The summed E-state index contributed by atoms with van der Waals surface area (Å²) in [6.45, 7) is 5.39. The highest BCUT2D eigenvalue weighted by Gasteiger charge is 2.19. The summed E-state index contributed by atoms with van der Waals surface area (Å²) in [5.74, 6) is 0. The van der Waals surface area contributed by atoms with E-state index in [0.29, 0.717) is 0 Å². The number of thiophene rings is 1. The summed E-state index contributed by atoms with van der Waals surface area (Å²) in [4.78, 5) is 16.9. The number of hydrogen-bond acceptors (Lipinski definition) is 4. The van der Waals surface area contributed by atoms with Crippen LogP contribution in [-0.2, 0) is 6.42 Å². The van der Waals surface area contributed by atoms with Gasteiger partial charge in [0, 0.05) is 48.5 Å². The molecule has 4 heteroatoms. The van der Waals surface area contributed by atoms with Crippen LogP contribution in [0.1, 0.15) is 15.2 Å². The first-order valence-corrected chi connectivity index (χ1v) is 9.64. The number of rotatable bonds is 5. The minimum absolute atomic E-state index is 0.809. The van der Waals surface area contributed by atoms with Gasteiger partial charge in [0.1, 0.15) is 0 Å². The number of carbonyl (C=O) groups excluding carboxylic acids is 1. The SMILES string of the molecule is O=Cc1cc2c(N3CCN(CCc4ccccc4)CC3)cccc2s1. The van der Waals surface area contributed by atoms with Crippen molar-refractivity contribution in [2.45, 2.75) is 6.42 Å². The first kappa shape index (κ1) is 16.3. The number of fused-ring (bicyclic) bond motifs is 1. The van der Waals surface area contributed by atoms with E-state index in [4.69, 9.17) is 0 Å². The fourth-order valence-electron chi connectivity index (χ4n) is 3.54. The van der Waals surface area contributed by atoms with E-state index in [2.05, 4.69) is 58.3 Å². The third-order valence-corrected chi connectivity index (χ3v) is 5.97. The lowest BCUT2D eigenvalue weighted by Crippen LogP contribution is -2.47. The lowest BCUT2D eigenvalue weighted by atomic mass is 10.1. The molecule has 0 aliphatic carbocycles. The summed E-state index contributed by atoms with van der Waals surface area (Å²) < 4.78 is 1.20. The van der Waals surface area contributed by atoms with Crippen LogP contribution in [0.2, 0.25) is 0 Å². The first-order chi connectivity index (χ1) is 12.3. The summed E-state index contributed by atoms with van der Waals surface area (Å²) in [5.41, 5.74) is 2.68. The third-order valence-electron chi connectivity index (χ3n) is 4.95. The van der Waals surface area contributed by atoms with Crippen LogP contribution in [0.25, 0.3) is 10.1 Å². The molecule has 2 aromatic carbocycles. The van der Waals surface area contributed by atoms with Crippen LogP contribution in [0.4, 0.5) is 5.69 Å². The Bertz CT molecular complexity index is 851. The molecule has 25 heavy (non-hydrogen) atoms. The molecule has 0 radical (unpaired) electrons. The summed E-state index contributed by atoms with van der Waals surface area (Å²) in [6.07, 6.45) is 2.07. The maximum atomic E-state index is 11.1. The molecule has 1 saturated heterocycles. The van der Waals surface area contributed by atoms with Crippen LogP contribution in [0.3, 0.4) is 0 Å². The molecule has 0 amide bonds. The van der Waals surface area contributed by atoms with Crippen molar-refractivity contribution in [2.24, 2.45) is 0 Å². The number of carbonyl (C=O) groups is 1. The van der Waals surface area contributed by atoms with Crippen molar-refractivity contribution in [1.82, 2.24) is 4.90 Å². The fraction of sp³-hybridized carbons (Fsp3) is 0.286. The van der Waals surface area contributed by atoms with E-state index in [1.54, 1.807) is 11.3 Å². The van der Waals surface area contributed by atoms with Gasteiger partial charge in [-0.15, -0.1) is 11.3 Å². The highest BCUT2D eigenvalue weighted by molar-refractivity contribution is 7.20. The predicted molar refractivity (Wildman–Crippen MR) is 106 cm³/mol. The smallest absolute Gasteiger partial charge is 0.160 e. The molecule has 3 aromatic rings. The van der Waals surface area contributed by atoms with Crippen molar-refractivity contribution in [3.8, 4) is 0 Å². The average Bonchev–Trinajstić information content (AvgIpc) is 3.11. The molecule has 1 aliphatic rings. The largest absolute Gasteiger partial charge is 0.368 e. The molecule has 0 N–H and O–H groups in total. The van der Waals surface area contributed by atoms with Crippen molar-refractivity contribution in [3.05, 3.63) is 65.0 Å². The Labute approximate surface area is 152 Å². The summed E-state index contributed by atoms with van der Waals surface area (Å²) in [5, 5.41) is 1.22. The first-order valence-electron chi connectivity index (χ1n) is 8.82. The lowest BCUT2D eigenvalue weighted by Gasteiger charge is -2.36. The quantitative estimate of drug-likeness (QED) is 0.648. The Morgan fingerprint density at radius 3 is 2.52 bits per heavy atom. The molecule has 0 unspecified atom stereocenters. The van der Waals surface area contributed by atoms with Crippen LogP contribution in [0.15, 0.2) is 54.6 Å². The zero-order valence-electron chi connectivity index (χ0n) is 14.2. The number of piperazine rings is 1. The maximum Gasteiger partial charge on any atom is 0.160 e. The number of anilines is 1. The van der Waals surface area contributed by atoms with E-state index >= 15 is 0 Å². The van der Waals surface area contributed by atoms with Gasteiger partial charge in [0.05, 0.1) is 4.88 Å². The molecular formula is C21H22N2OS. The molecule has 4 rings (SSSR count). The Balaban J connectivity index is 1.40. The van der Waals surface area contributed by atoms with E-state index in [9.17, 15) is 4.79 Å². The van der Waals surface area contributed by atoms with Gasteiger partial charge in [-0.1, -0.05) is 36.4 Å². The topological polar surface area (TPSA) is 23.6 Å². The van der Waals surface area contributed by atoms with E-state index in [1.165, 1.54) is 21.3 Å². The average molecular weight is 350 g/mol. The predicted octanol–water partition coefficient (Wildman–Crippen LogP) is 4.08. The van der Waals surface area contributed by atoms with Crippen molar-refractivity contribution in [2.75, 3.05) is 37.6 Å². The van der Waals surface area contributed by atoms with Crippen molar-refractivity contribution in [1.29, 1.82) is 0 Å². The Morgan fingerprint density at radius 1 is 0.960 bits per heavy atom. The number of hydrogen-bond donors (Lipinski definition) is 0. The molecule has 1 aliphatic heterocycles. The van der Waals surface area contributed by atoms with E-state index in [0.717, 1.165) is 50.3 Å². The van der Waals surface area contributed by atoms with E-state index in [-0.39, 0.29) is 0 Å². The number of benzene rings is 2. The Morgan fingerprint density at radius 2 is 1.76 bits per heavy atom. The van der Waals surface area contributed by atoms with E-state index < -0.39 is 0 Å². The van der Waals surface area contributed by atoms with Gasteiger partial charge in [-0.05, 0) is 30.2 Å². The molecule has 0 spiro atoms. The molecule has 128 valence electrons. The summed E-state index contributed by atoms with van der Waals surface area (Å²) in [6, 6.07) is 19.1. The minimum atomic E-state index is 0.809. The molecule has 3 nitrogen and oxygen atoms in total. The van der Waals surface area contributed by atoms with Crippen LogP contribution in [-0.4, -0.2) is 43.9 Å². The summed E-state index contributed by atoms with van der Waals surface area (Å²) in [7, 11) is 0. The van der Waals surface area contributed by atoms with Gasteiger partial charge in [0.15, 0.2) is 6.29 Å². The standard InChI is InChI=1S/C21H22N2OS/c24-16-18-15-19-20(7-4-8-21(19)25-18)23-13-11-22(12-14-23)10-9-17-5-2-1-3-6-17/h1-8,15-16H,9-14H2. The van der Waals surface area contributed by atoms with Gasteiger partial charge >= 0.3 is 0 Å². The van der Waals surface area contributed by atoms with Gasteiger partial charge < -0.3 is 4.90 Å². The molecule has 0 atom stereocenters. The molecule has 2 heterocycles. The van der Waals surface area contributed by atoms with Crippen molar-refractivity contribution in [3.63, 3.8) is 0 Å². The maximum absolute atomic E-state index is 11.1. The second-order valence-electron chi connectivity index (χ2n) is 6.52. The van der Waals surface area contributed by atoms with Crippen LogP contribution in [0.5, 0.6) is 0 Å². The van der Waals surface area contributed by atoms with Gasteiger partial charge in [-0.25, -0.2) is 0 Å². The zero-order valence-corrected chi connectivity index (χ0v) is 15.0. The van der Waals surface area contributed by atoms with Crippen LogP contribution in [0, 0.1) is 0 Å². The highest BCUT2D eigenvalue weighted by atomic mass is 32.1. The van der Waals surface area contributed by atoms with Gasteiger partial charge in [-0.2, -0.15) is 0 Å². The number of aldehydes is 1. The molecule has 0 bridgehead atoms. The third kappa shape index (κ3) is 3.60. The van der Waals surface area contributed by atoms with E-state index in [1.807, 2.05) is 6.07 Å². The van der Waals surface area contributed by atoms with Gasteiger partial charge in [0.2, 0.25) is 0 Å². The van der Waals surface area contributed by atoms with Crippen molar-refractivity contribution >= 4 is 33.4 Å². The van der Waals surface area contributed by atoms with Crippen LogP contribution < -0.4 is 4.90 Å². The fourth-order valence-corrected chi connectivity index (χ4v) is 4.44. The lowest BCUT2D eigenvalue weighted by molar-refractivity contribution is 0.112. The van der Waals surface area contributed by atoms with Gasteiger partial charge in [0.25, 0.3) is 0 Å². The molecule has 0 saturated carbocycles. The normalized spacial score (nSPS) is 15.6. The second kappa shape index (κ2) is 7.38. The molecule has 1 fully saturated rings. The molecule has 1 aromatic heterocycles. The number of nitrogens with zero attached hydrogens (tertiary/aromatic N) is 2. The second-order valence-corrected chi connectivity index (χ2v) is 7.64. The monoisotopic (exact) mass is 350 g/mol. The highest BCUT2D eigenvalue weighted by Crippen LogP contribution is 2.33. The van der Waals surface area contributed by atoms with Gasteiger partial charge in [-0.3, -0.25) is 9.69 Å². The Kier molecular flexibility index (Phi) is 4.81. The minimum Gasteiger partial charge on any atom is -0.368 e.